The minimum Gasteiger partial charge on any atom is -0.434 e. The van der Waals surface area contributed by atoms with E-state index in [1.165, 1.54) is 5.56 Å². The maximum Gasteiger partial charge on any atom is 0.387 e. The number of nitrogens with zero attached hydrogens (tertiary/aromatic N) is 2. The number of para-hydroxylation sites is 1. The van der Waals surface area contributed by atoms with Gasteiger partial charge in [-0.25, -0.2) is 0 Å². The number of hydrogen-bond donors (Lipinski definition) is 2. The van der Waals surface area contributed by atoms with Crippen LogP contribution in [-0.4, -0.2) is 50.7 Å². The molecule has 1 unspecified atom stereocenters. The standard InChI is InChI=1S/C23H30F2N4O/c1-26-23(28-16-20-9-5-6-10-21(20)30-22(24)25)27-15-19-12-14-29(17-19)13-11-18-7-3-2-4-8-18/h2-10,19,22H,11-17H2,1H3,(H2,26,27,28). The molecule has 1 heterocycles. The Labute approximate surface area is 177 Å². The lowest BCUT2D eigenvalue weighted by molar-refractivity contribution is -0.0504. The van der Waals surface area contributed by atoms with Crippen LogP contribution in [0.4, 0.5) is 8.78 Å². The predicted octanol–water partition coefficient (Wildman–Crippen LogP) is 3.52. The van der Waals surface area contributed by atoms with Crippen molar-refractivity contribution in [2.75, 3.05) is 33.2 Å². The van der Waals surface area contributed by atoms with E-state index >= 15 is 0 Å². The summed E-state index contributed by atoms with van der Waals surface area (Å²) < 4.78 is 29.7. The summed E-state index contributed by atoms with van der Waals surface area (Å²) in [7, 11) is 1.71. The molecule has 30 heavy (non-hydrogen) atoms. The first-order valence-electron chi connectivity index (χ1n) is 10.4. The van der Waals surface area contributed by atoms with Gasteiger partial charge in [0.2, 0.25) is 0 Å². The molecule has 5 nitrogen and oxygen atoms in total. The Bertz CT molecular complexity index is 801. The summed E-state index contributed by atoms with van der Waals surface area (Å²) in [5.74, 6) is 1.40. The van der Waals surface area contributed by atoms with Crippen molar-refractivity contribution in [1.29, 1.82) is 0 Å². The fourth-order valence-electron chi connectivity index (χ4n) is 3.72. The molecule has 0 amide bonds. The van der Waals surface area contributed by atoms with Crippen molar-refractivity contribution in [3.05, 3.63) is 65.7 Å². The van der Waals surface area contributed by atoms with Crippen LogP contribution in [0.25, 0.3) is 0 Å². The molecule has 0 saturated carbocycles. The van der Waals surface area contributed by atoms with Gasteiger partial charge in [0.25, 0.3) is 0 Å². The molecule has 0 radical (unpaired) electrons. The Kier molecular flexibility index (Phi) is 8.44. The highest BCUT2D eigenvalue weighted by atomic mass is 19.3. The lowest BCUT2D eigenvalue weighted by Crippen LogP contribution is -2.40. The molecule has 7 heteroatoms. The zero-order chi connectivity index (χ0) is 21.2. The van der Waals surface area contributed by atoms with Crippen molar-refractivity contribution < 1.29 is 13.5 Å². The summed E-state index contributed by atoms with van der Waals surface area (Å²) in [5, 5.41) is 6.54. The van der Waals surface area contributed by atoms with Crippen LogP contribution in [0.1, 0.15) is 17.5 Å². The van der Waals surface area contributed by atoms with Crippen LogP contribution in [0.3, 0.4) is 0 Å². The van der Waals surface area contributed by atoms with Gasteiger partial charge in [0, 0.05) is 38.8 Å². The van der Waals surface area contributed by atoms with Gasteiger partial charge in [-0.1, -0.05) is 48.5 Å². The molecule has 162 valence electrons. The molecule has 2 aromatic carbocycles. The van der Waals surface area contributed by atoms with E-state index in [1.807, 2.05) is 6.07 Å². The number of ether oxygens (including phenoxy) is 1. The predicted molar refractivity (Wildman–Crippen MR) is 116 cm³/mol. The molecule has 0 aliphatic carbocycles. The molecule has 2 aromatic rings. The third-order valence-corrected chi connectivity index (χ3v) is 5.35. The van der Waals surface area contributed by atoms with Gasteiger partial charge < -0.3 is 20.3 Å². The Morgan fingerprint density at radius 1 is 1.13 bits per heavy atom. The summed E-state index contributed by atoms with van der Waals surface area (Å²) in [4.78, 5) is 6.75. The van der Waals surface area contributed by atoms with Crippen molar-refractivity contribution >= 4 is 5.96 Å². The van der Waals surface area contributed by atoms with E-state index in [0.717, 1.165) is 39.0 Å². The van der Waals surface area contributed by atoms with E-state index < -0.39 is 6.61 Å². The number of nitrogens with one attached hydrogen (secondary N) is 2. The molecule has 1 atom stereocenters. The maximum atomic E-state index is 12.6. The Morgan fingerprint density at radius 2 is 1.90 bits per heavy atom. The quantitative estimate of drug-likeness (QED) is 0.485. The molecule has 2 N–H and O–H groups in total. The lowest BCUT2D eigenvalue weighted by atomic mass is 10.1. The minimum absolute atomic E-state index is 0.181. The molecule has 1 fully saturated rings. The first-order valence-corrected chi connectivity index (χ1v) is 10.4. The SMILES string of the molecule is CN=C(NCc1ccccc1OC(F)F)NCC1CCN(CCc2ccccc2)C1. The minimum atomic E-state index is -2.84. The number of aliphatic imine (C=N–C) groups is 1. The fourth-order valence-corrected chi connectivity index (χ4v) is 3.72. The van der Waals surface area contributed by atoms with Crippen LogP contribution in [0.15, 0.2) is 59.6 Å². The van der Waals surface area contributed by atoms with Crippen molar-refractivity contribution in [2.24, 2.45) is 10.9 Å². The molecule has 1 aliphatic rings. The monoisotopic (exact) mass is 416 g/mol. The number of rotatable bonds is 9. The van der Waals surface area contributed by atoms with Gasteiger partial charge in [0.1, 0.15) is 5.75 Å². The highest BCUT2D eigenvalue weighted by Crippen LogP contribution is 2.20. The van der Waals surface area contributed by atoms with Crippen LogP contribution in [0, 0.1) is 5.92 Å². The van der Waals surface area contributed by atoms with Gasteiger partial charge in [-0.05, 0) is 36.9 Å². The topological polar surface area (TPSA) is 48.9 Å². The van der Waals surface area contributed by atoms with Crippen LogP contribution < -0.4 is 15.4 Å². The maximum absolute atomic E-state index is 12.6. The summed E-state index contributed by atoms with van der Waals surface area (Å²) in [5.41, 5.74) is 2.04. The van der Waals surface area contributed by atoms with Crippen LogP contribution in [0.5, 0.6) is 5.75 Å². The van der Waals surface area contributed by atoms with E-state index in [2.05, 4.69) is 49.5 Å². The number of hydrogen-bond acceptors (Lipinski definition) is 3. The van der Waals surface area contributed by atoms with Crippen LogP contribution in [-0.2, 0) is 13.0 Å². The summed E-state index contributed by atoms with van der Waals surface area (Å²) >= 11 is 0. The van der Waals surface area contributed by atoms with Crippen LogP contribution >= 0.6 is 0 Å². The first kappa shape index (κ1) is 22.0. The third-order valence-electron chi connectivity index (χ3n) is 5.35. The number of halogens is 2. The molecule has 0 aromatic heterocycles. The van der Waals surface area contributed by atoms with Gasteiger partial charge in [0.05, 0.1) is 0 Å². The van der Waals surface area contributed by atoms with Crippen LogP contribution in [0.2, 0.25) is 0 Å². The van der Waals surface area contributed by atoms with E-state index in [1.54, 1.807) is 31.3 Å². The zero-order valence-corrected chi connectivity index (χ0v) is 17.4. The average molecular weight is 417 g/mol. The molecule has 0 spiro atoms. The molecule has 1 saturated heterocycles. The second-order valence-electron chi connectivity index (χ2n) is 7.48. The van der Waals surface area contributed by atoms with E-state index in [0.29, 0.717) is 24.0 Å². The van der Waals surface area contributed by atoms with E-state index in [-0.39, 0.29) is 5.75 Å². The van der Waals surface area contributed by atoms with Gasteiger partial charge in [0.15, 0.2) is 5.96 Å². The van der Waals surface area contributed by atoms with Gasteiger partial charge >= 0.3 is 6.61 Å². The normalized spacial score (nSPS) is 17.3. The van der Waals surface area contributed by atoms with Crippen molar-refractivity contribution in [2.45, 2.75) is 26.0 Å². The van der Waals surface area contributed by atoms with Crippen molar-refractivity contribution in [3.63, 3.8) is 0 Å². The Morgan fingerprint density at radius 3 is 2.67 bits per heavy atom. The van der Waals surface area contributed by atoms with Crippen molar-refractivity contribution in [3.8, 4) is 5.75 Å². The number of likely N-dealkylation sites (tertiary alicyclic amines) is 1. The average Bonchev–Trinajstić information content (AvgIpc) is 3.21. The first-order chi connectivity index (χ1) is 14.6. The highest BCUT2D eigenvalue weighted by Gasteiger charge is 2.22. The number of benzene rings is 2. The second-order valence-corrected chi connectivity index (χ2v) is 7.48. The molecular weight excluding hydrogens is 386 g/mol. The van der Waals surface area contributed by atoms with Crippen molar-refractivity contribution in [1.82, 2.24) is 15.5 Å². The summed E-state index contributed by atoms with van der Waals surface area (Å²) in [6.45, 7) is 1.61. The number of alkyl halides is 2. The number of guanidine groups is 1. The second kappa shape index (κ2) is 11.5. The Hall–Kier alpha value is -2.67. The van der Waals surface area contributed by atoms with E-state index in [9.17, 15) is 8.78 Å². The molecular formula is C23H30F2N4O. The molecule has 1 aliphatic heterocycles. The van der Waals surface area contributed by atoms with Gasteiger partial charge in [-0.2, -0.15) is 8.78 Å². The Balaban J connectivity index is 1.40. The van der Waals surface area contributed by atoms with Gasteiger partial charge in [-0.3, -0.25) is 4.99 Å². The molecule has 0 bridgehead atoms. The van der Waals surface area contributed by atoms with Gasteiger partial charge in [-0.15, -0.1) is 0 Å². The summed E-state index contributed by atoms with van der Waals surface area (Å²) in [6, 6.07) is 17.4. The lowest BCUT2D eigenvalue weighted by Gasteiger charge is -2.18. The van der Waals surface area contributed by atoms with E-state index in [4.69, 9.17) is 0 Å². The summed E-state index contributed by atoms with van der Waals surface area (Å²) in [6.07, 6.45) is 2.23. The molecule has 3 rings (SSSR count). The zero-order valence-electron chi connectivity index (χ0n) is 17.4. The highest BCUT2D eigenvalue weighted by molar-refractivity contribution is 5.79. The fraction of sp³-hybridized carbons (Fsp3) is 0.435. The third kappa shape index (κ3) is 6.99. The largest absolute Gasteiger partial charge is 0.434 e. The smallest absolute Gasteiger partial charge is 0.387 e.